The maximum Gasteiger partial charge on any atom is 0.291 e. The summed E-state index contributed by atoms with van der Waals surface area (Å²) >= 11 is 0. The third-order valence-corrected chi connectivity index (χ3v) is 5.19. The Morgan fingerprint density at radius 2 is 1.96 bits per heavy atom. The SMILES string of the molecule is C[C@@H]1CCCC[NH+]1CCCNC(=O)c1ccc(NC(=O)c2ccco2)cc1. The highest BCUT2D eigenvalue weighted by atomic mass is 16.3. The quantitative estimate of drug-likeness (QED) is 0.654. The van der Waals surface area contributed by atoms with E-state index in [1.54, 1.807) is 41.3 Å². The summed E-state index contributed by atoms with van der Waals surface area (Å²) in [6.45, 7) is 5.37. The van der Waals surface area contributed by atoms with Crippen LogP contribution in [0.4, 0.5) is 5.69 Å². The van der Waals surface area contributed by atoms with Gasteiger partial charge >= 0.3 is 0 Å². The Morgan fingerprint density at radius 3 is 2.67 bits per heavy atom. The number of benzene rings is 1. The highest BCUT2D eigenvalue weighted by Crippen LogP contribution is 2.12. The van der Waals surface area contributed by atoms with Gasteiger partial charge in [-0.2, -0.15) is 0 Å². The number of carbonyl (C=O) groups excluding carboxylic acids is 2. The molecule has 3 rings (SSSR count). The molecular weight excluding hydrogens is 342 g/mol. The van der Waals surface area contributed by atoms with Crippen molar-refractivity contribution in [3.05, 3.63) is 54.0 Å². The van der Waals surface area contributed by atoms with E-state index in [1.165, 1.54) is 32.1 Å². The van der Waals surface area contributed by atoms with Gasteiger partial charge in [0, 0.05) is 24.2 Å². The fraction of sp³-hybridized carbons (Fsp3) is 0.429. The predicted molar refractivity (Wildman–Crippen MR) is 104 cm³/mol. The molecule has 2 heterocycles. The number of rotatable bonds is 7. The van der Waals surface area contributed by atoms with Gasteiger partial charge in [-0.05, 0) is 62.6 Å². The molecule has 3 N–H and O–H groups in total. The van der Waals surface area contributed by atoms with E-state index in [-0.39, 0.29) is 17.6 Å². The molecule has 0 aliphatic carbocycles. The minimum absolute atomic E-state index is 0.0828. The van der Waals surface area contributed by atoms with Crippen LogP contribution in [0.3, 0.4) is 0 Å². The lowest BCUT2D eigenvalue weighted by Gasteiger charge is -2.30. The van der Waals surface area contributed by atoms with E-state index in [0.717, 1.165) is 19.0 Å². The van der Waals surface area contributed by atoms with Gasteiger partial charge in [0.15, 0.2) is 5.76 Å². The van der Waals surface area contributed by atoms with E-state index >= 15 is 0 Å². The molecule has 1 aromatic heterocycles. The van der Waals surface area contributed by atoms with Gasteiger partial charge in [-0.1, -0.05) is 0 Å². The van der Waals surface area contributed by atoms with Gasteiger partial charge in [-0.25, -0.2) is 0 Å². The lowest BCUT2D eigenvalue weighted by molar-refractivity contribution is -0.928. The van der Waals surface area contributed by atoms with Crippen LogP contribution in [-0.4, -0.2) is 37.5 Å². The fourth-order valence-corrected chi connectivity index (χ4v) is 3.55. The first-order chi connectivity index (χ1) is 13.1. The van der Waals surface area contributed by atoms with Crippen molar-refractivity contribution in [2.45, 2.75) is 38.6 Å². The van der Waals surface area contributed by atoms with Crippen molar-refractivity contribution in [1.29, 1.82) is 0 Å². The van der Waals surface area contributed by atoms with Crippen molar-refractivity contribution in [2.24, 2.45) is 0 Å². The predicted octanol–water partition coefficient (Wildman–Crippen LogP) is 2.11. The van der Waals surface area contributed by atoms with Gasteiger partial charge in [0.05, 0.1) is 25.4 Å². The zero-order valence-electron chi connectivity index (χ0n) is 15.8. The molecule has 1 aliphatic rings. The van der Waals surface area contributed by atoms with Crippen molar-refractivity contribution < 1.29 is 18.9 Å². The second-order valence-electron chi connectivity index (χ2n) is 7.17. The molecule has 6 nitrogen and oxygen atoms in total. The van der Waals surface area contributed by atoms with Crippen LogP contribution >= 0.6 is 0 Å². The molecule has 0 bridgehead atoms. The van der Waals surface area contributed by atoms with E-state index in [9.17, 15) is 9.59 Å². The van der Waals surface area contributed by atoms with Crippen molar-refractivity contribution >= 4 is 17.5 Å². The Hall–Kier alpha value is -2.60. The first-order valence-electron chi connectivity index (χ1n) is 9.71. The summed E-state index contributed by atoms with van der Waals surface area (Å²) in [5.74, 6) is -0.144. The number of nitrogens with one attached hydrogen (secondary N) is 3. The monoisotopic (exact) mass is 370 g/mol. The molecule has 27 heavy (non-hydrogen) atoms. The normalized spacial score (nSPS) is 19.4. The van der Waals surface area contributed by atoms with Crippen LogP contribution in [0.25, 0.3) is 0 Å². The molecule has 0 saturated carbocycles. The molecule has 0 spiro atoms. The number of hydrogen-bond donors (Lipinski definition) is 3. The average molecular weight is 370 g/mol. The van der Waals surface area contributed by atoms with Crippen molar-refractivity contribution in [3.63, 3.8) is 0 Å². The molecule has 0 radical (unpaired) electrons. The smallest absolute Gasteiger partial charge is 0.291 e. The molecule has 144 valence electrons. The Labute approximate surface area is 159 Å². The van der Waals surface area contributed by atoms with E-state index in [2.05, 4.69) is 17.6 Å². The number of quaternary nitrogens is 1. The summed E-state index contributed by atoms with van der Waals surface area (Å²) in [7, 11) is 0. The highest BCUT2D eigenvalue weighted by molar-refractivity contribution is 6.02. The van der Waals surface area contributed by atoms with Crippen LogP contribution in [0.5, 0.6) is 0 Å². The molecular formula is C21H28N3O3+. The summed E-state index contributed by atoms with van der Waals surface area (Å²) in [6.07, 6.45) is 6.41. The van der Waals surface area contributed by atoms with Crippen molar-refractivity contribution in [2.75, 3.05) is 25.0 Å². The van der Waals surface area contributed by atoms with Gasteiger partial charge in [-0.15, -0.1) is 0 Å². The summed E-state index contributed by atoms with van der Waals surface area (Å²) in [6, 6.07) is 10.9. The number of piperidine rings is 1. The standard InChI is InChI=1S/C21H27N3O3/c1-16-6-2-3-13-24(16)14-5-12-22-20(25)17-8-10-18(11-9-17)23-21(26)19-7-4-15-27-19/h4,7-11,15-16H,2-3,5-6,12-14H2,1H3,(H,22,25)(H,23,26)/p+1/t16-/m1/s1. The van der Waals surface area contributed by atoms with Crippen LogP contribution in [0.1, 0.15) is 53.5 Å². The summed E-state index contributed by atoms with van der Waals surface area (Å²) in [4.78, 5) is 25.9. The molecule has 6 heteroatoms. The van der Waals surface area contributed by atoms with Crippen LogP contribution in [0.15, 0.2) is 47.1 Å². The topological polar surface area (TPSA) is 75.8 Å². The number of carbonyl (C=O) groups is 2. The number of amides is 2. The summed E-state index contributed by atoms with van der Waals surface area (Å²) < 4.78 is 5.06. The molecule has 2 atom stereocenters. The first kappa shape index (κ1) is 19.2. The fourth-order valence-electron chi connectivity index (χ4n) is 3.55. The molecule has 1 aliphatic heterocycles. The third kappa shape index (κ3) is 5.44. The van der Waals surface area contributed by atoms with Crippen LogP contribution < -0.4 is 15.5 Å². The minimum atomic E-state index is -0.313. The zero-order valence-corrected chi connectivity index (χ0v) is 15.8. The Morgan fingerprint density at radius 1 is 1.15 bits per heavy atom. The van der Waals surface area contributed by atoms with Gasteiger partial charge in [0.2, 0.25) is 0 Å². The second-order valence-corrected chi connectivity index (χ2v) is 7.17. The summed E-state index contributed by atoms with van der Waals surface area (Å²) in [5.41, 5.74) is 1.21. The zero-order chi connectivity index (χ0) is 19.1. The highest BCUT2D eigenvalue weighted by Gasteiger charge is 2.20. The average Bonchev–Trinajstić information content (AvgIpc) is 3.22. The van der Waals surface area contributed by atoms with Gasteiger partial charge in [0.25, 0.3) is 11.8 Å². The minimum Gasteiger partial charge on any atom is -0.459 e. The Balaban J connectivity index is 1.41. The van der Waals surface area contributed by atoms with Crippen LogP contribution in [0.2, 0.25) is 0 Å². The molecule has 1 unspecified atom stereocenters. The number of hydrogen-bond acceptors (Lipinski definition) is 3. The van der Waals surface area contributed by atoms with Gasteiger partial charge in [-0.3, -0.25) is 9.59 Å². The number of likely N-dealkylation sites (tertiary alicyclic amines) is 1. The maximum absolute atomic E-state index is 12.3. The lowest BCUT2D eigenvalue weighted by atomic mass is 10.0. The Kier molecular flexibility index (Phi) is 6.65. The van der Waals surface area contributed by atoms with Crippen LogP contribution in [-0.2, 0) is 0 Å². The van der Waals surface area contributed by atoms with Crippen molar-refractivity contribution in [3.8, 4) is 0 Å². The van der Waals surface area contributed by atoms with Crippen LogP contribution in [0, 0.1) is 0 Å². The third-order valence-electron chi connectivity index (χ3n) is 5.19. The maximum atomic E-state index is 12.3. The van der Waals surface area contributed by atoms with E-state index in [4.69, 9.17) is 4.42 Å². The first-order valence-corrected chi connectivity index (χ1v) is 9.71. The molecule has 2 amide bonds. The molecule has 1 saturated heterocycles. The van der Waals surface area contributed by atoms with E-state index in [0.29, 0.717) is 17.8 Å². The molecule has 2 aromatic rings. The van der Waals surface area contributed by atoms with E-state index in [1.807, 2.05) is 0 Å². The lowest BCUT2D eigenvalue weighted by Crippen LogP contribution is -3.16. The van der Waals surface area contributed by atoms with Gasteiger partial charge in [0.1, 0.15) is 0 Å². The molecule has 1 fully saturated rings. The van der Waals surface area contributed by atoms with Gasteiger partial charge < -0.3 is 20.0 Å². The second kappa shape index (κ2) is 9.37. The van der Waals surface area contributed by atoms with Crippen molar-refractivity contribution in [1.82, 2.24) is 5.32 Å². The number of anilines is 1. The summed E-state index contributed by atoms with van der Waals surface area (Å²) in [5, 5.41) is 5.72. The molecule has 1 aromatic carbocycles. The number of furan rings is 1. The van der Waals surface area contributed by atoms with E-state index < -0.39 is 0 Å². The largest absolute Gasteiger partial charge is 0.459 e. The Bertz CT molecular complexity index is 741.